The van der Waals surface area contributed by atoms with E-state index in [0.717, 1.165) is 15.9 Å². The van der Waals surface area contributed by atoms with Gasteiger partial charge in [-0.1, -0.05) is 19.9 Å². The van der Waals surface area contributed by atoms with Crippen molar-refractivity contribution < 1.29 is 4.79 Å². The summed E-state index contributed by atoms with van der Waals surface area (Å²) >= 11 is 3.44. The van der Waals surface area contributed by atoms with Crippen molar-refractivity contribution in [1.82, 2.24) is 14.3 Å². The molecule has 2 heterocycles. The molecule has 2 aromatic heterocycles. The molecule has 0 spiro atoms. The molecule has 2 aromatic rings. The van der Waals surface area contributed by atoms with E-state index in [9.17, 15) is 4.79 Å². The lowest BCUT2D eigenvalue weighted by Crippen LogP contribution is -2.30. The molecule has 0 aliphatic rings. The van der Waals surface area contributed by atoms with Gasteiger partial charge in [-0.05, 0) is 28.1 Å². The van der Waals surface area contributed by atoms with Gasteiger partial charge in [-0.25, -0.2) is 4.98 Å². The number of pyridine rings is 1. The minimum absolute atomic E-state index is 0.00432. The van der Waals surface area contributed by atoms with Crippen LogP contribution in [0.15, 0.2) is 29.0 Å². The van der Waals surface area contributed by atoms with Crippen molar-refractivity contribution in [1.29, 1.82) is 0 Å². The molecule has 5 heteroatoms. The Morgan fingerprint density at radius 1 is 1.50 bits per heavy atom. The summed E-state index contributed by atoms with van der Waals surface area (Å²) in [5.41, 5.74) is 1.01. The molecular weight excluding hydrogens is 294 g/mol. The third kappa shape index (κ3) is 2.41. The first kappa shape index (κ1) is 13.1. The topological polar surface area (TPSA) is 37.6 Å². The first-order chi connectivity index (χ1) is 8.50. The third-order valence-electron chi connectivity index (χ3n) is 2.83. The monoisotopic (exact) mass is 309 g/mol. The lowest BCUT2D eigenvalue weighted by atomic mass is 10.2. The average molecular weight is 310 g/mol. The van der Waals surface area contributed by atoms with E-state index in [0.29, 0.717) is 6.54 Å². The molecule has 0 saturated heterocycles. The van der Waals surface area contributed by atoms with E-state index in [1.807, 2.05) is 42.6 Å². The fraction of sp³-hybridized carbons (Fsp3) is 0.385. The summed E-state index contributed by atoms with van der Waals surface area (Å²) in [6.07, 6.45) is 1.95. The van der Waals surface area contributed by atoms with Gasteiger partial charge in [0.2, 0.25) is 5.91 Å². The molecule has 18 heavy (non-hydrogen) atoms. The summed E-state index contributed by atoms with van der Waals surface area (Å²) in [5.74, 6) is 0.984. The number of imidazole rings is 1. The second-order valence-electron chi connectivity index (χ2n) is 4.62. The van der Waals surface area contributed by atoms with Gasteiger partial charge in [0.15, 0.2) is 0 Å². The predicted octanol–water partition coefficient (Wildman–Crippen LogP) is 2.71. The van der Waals surface area contributed by atoms with Crippen molar-refractivity contribution in [3.8, 4) is 0 Å². The molecule has 0 aliphatic carbocycles. The van der Waals surface area contributed by atoms with Gasteiger partial charge in [0.1, 0.15) is 10.4 Å². The fourth-order valence-corrected chi connectivity index (χ4v) is 2.43. The number of aromatic nitrogens is 2. The SMILES string of the molecule is CC(C)C(=O)N(C)Cc1nc(Br)c2ccccn12. The van der Waals surface area contributed by atoms with Gasteiger partial charge < -0.3 is 9.30 Å². The van der Waals surface area contributed by atoms with E-state index in [1.165, 1.54) is 0 Å². The lowest BCUT2D eigenvalue weighted by molar-refractivity contribution is -0.133. The normalized spacial score (nSPS) is 11.2. The first-order valence-electron chi connectivity index (χ1n) is 5.87. The van der Waals surface area contributed by atoms with E-state index < -0.39 is 0 Å². The van der Waals surface area contributed by atoms with Crippen molar-refractivity contribution in [2.75, 3.05) is 7.05 Å². The molecule has 0 bridgehead atoms. The largest absolute Gasteiger partial charge is 0.338 e. The molecular formula is C13H16BrN3O. The Balaban J connectivity index is 2.30. The van der Waals surface area contributed by atoms with Crippen LogP contribution in [0.25, 0.3) is 5.52 Å². The molecule has 0 atom stereocenters. The average Bonchev–Trinajstić information content (AvgIpc) is 2.66. The maximum absolute atomic E-state index is 11.9. The van der Waals surface area contributed by atoms with Gasteiger partial charge in [0.05, 0.1) is 12.1 Å². The molecule has 0 radical (unpaired) electrons. The van der Waals surface area contributed by atoms with Crippen LogP contribution in [0.2, 0.25) is 0 Å². The highest BCUT2D eigenvalue weighted by Crippen LogP contribution is 2.19. The Hall–Kier alpha value is -1.36. The number of rotatable bonds is 3. The van der Waals surface area contributed by atoms with E-state index >= 15 is 0 Å². The molecule has 1 amide bonds. The Kier molecular flexibility index (Phi) is 3.71. The quantitative estimate of drug-likeness (QED) is 0.874. The molecule has 96 valence electrons. The number of amides is 1. The van der Waals surface area contributed by atoms with Gasteiger partial charge >= 0.3 is 0 Å². The summed E-state index contributed by atoms with van der Waals surface area (Å²) < 4.78 is 2.80. The maximum atomic E-state index is 11.9. The first-order valence-corrected chi connectivity index (χ1v) is 6.66. The minimum Gasteiger partial charge on any atom is -0.338 e. The van der Waals surface area contributed by atoms with Crippen LogP contribution in [0.3, 0.4) is 0 Å². The number of fused-ring (bicyclic) bond motifs is 1. The Labute approximate surface area is 115 Å². The van der Waals surface area contributed by atoms with Crippen LogP contribution >= 0.6 is 15.9 Å². The second-order valence-corrected chi connectivity index (χ2v) is 5.37. The lowest BCUT2D eigenvalue weighted by Gasteiger charge is -2.18. The summed E-state index contributed by atoms with van der Waals surface area (Å²) in [6.45, 7) is 4.31. The van der Waals surface area contributed by atoms with E-state index in [2.05, 4.69) is 20.9 Å². The summed E-state index contributed by atoms with van der Waals surface area (Å²) in [7, 11) is 1.81. The van der Waals surface area contributed by atoms with Gasteiger partial charge in [0.25, 0.3) is 0 Å². The fourth-order valence-electron chi connectivity index (χ4n) is 1.90. The van der Waals surface area contributed by atoms with E-state index in [1.54, 1.807) is 11.9 Å². The highest BCUT2D eigenvalue weighted by atomic mass is 79.9. The molecule has 0 unspecified atom stereocenters. The Morgan fingerprint density at radius 3 is 2.89 bits per heavy atom. The predicted molar refractivity (Wildman–Crippen MR) is 74.2 cm³/mol. The molecule has 0 aromatic carbocycles. The number of carbonyl (C=O) groups is 1. The van der Waals surface area contributed by atoms with Crippen LogP contribution in [-0.2, 0) is 11.3 Å². The Morgan fingerprint density at radius 2 is 2.22 bits per heavy atom. The van der Waals surface area contributed by atoms with Crippen molar-refractivity contribution in [2.45, 2.75) is 20.4 Å². The van der Waals surface area contributed by atoms with Crippen LogP contribution in [0.4, 0.5) is 0 Å². The van der Waals surface area contributed by atoms with Gasteiger partial charge in [-0.15, -0.1) is 0 Å². The van der Waals surface area contributed by atoms with E-state index in [-0.39, 0.29) is 11.8 Å². The summed E-state index contributed by atoms with van der Waals surface area (Å²) in [5, 5.41) is 0. The van der Waals surface area contributed by atoms with E-state index in [4.69, 9.17) is 0 Å². The highest BCUT2D eigenvalue weighted by Gasteiger charge is 2.16. The molecule has 2 rings (SSSR count). The molecule has 0 N–H and O–H groups in total. The van der Waals surface area contributed by atoms with Crippen LogP contribution in [-0.4, -0.2) is 27.2 Å². The van der Waals surface area contributed by atoms with Gasteiger partial charge in [-0.2, -0.15) is 0 Å². The zero-order valence-electron chi connectivity index (χ0n) is 10.7. The number of hydrogen-bond acceptors (Lipinski definition) is 2. The zero-order valence-corrected chi connectivity index (χ0v) is 12.3. The van der Waals surface area contributed by atoms with Crippen LogP contribution < -0.4 is 0 Å². The number of carbonyl (C=O) groups excluding carboxylic acids is 1. The zero-order chi connectivity index (χ0) is 13.3. The van der Waals surface area contributed by atoms with Crippen LogP contribution in [0, 0.1) is 5.92 Å². The van der Waals surface area contributed by atoms with Gasteiger partial charge in [0, 0.05) is 19.2 Å². The smallest absolute Gasteiger partial charge is 0.225 e. The molecule has 0 saturated carbocycles. The van der Waals surface area contributed by atoms with Crippen LogP contribution in [0.5, 0.6) is 0 Å². The van der Waals surface area contributed by atoms with Crippen molar-refractivity contribution >= 4 is 27.4 Å². The summed E-state index contributed by atoms with van der Waals surface area (Å²) in [4.78, 5) is 18.0. The number of nitrogens with zero attached hydrogens (tertiary/aromatic N) is 3. The maximum Gasteiger partial charge on any atom is 0.225 e. The number of hydrogen-bond donors (Lipinski definition) is 0. The van der Waals surface area contributed by atoms with Crippen molar-refractivity contribution in [2.24, 2.45) is 5.92 Å². The third-order valence-corrected chi connectivity index (χ3v) is 3.41. The van der Waals surface area contributed by atoms with Crippen molar-refractivity contribution in [3.63, 3.8) is 0 Å². The van der Waals surface area contributed by atoms with Gasteiger partial charge in [-0.3, -0.25) is 4.79 Å². The standard InChI is InChI=1S/C13H16BrN3O/c1-9(2)13(18)16(3)8-11-15-12(14)10-6-4-5-7-17(10)11/h4-7,9H,8H2,1-3H3. The molecule has 0 fully saturated rings. The summed E-state index contributed by atoms with van der Waals surface area (Å²) in [6, 6.07) is 5.91. The highest BCUT2D eigenvalue weighted by molar-refractivity contribution is 9.10. The van der Waals surface area contributed by atoms with Crippen LogP contribution in [0.1, 0.15) is 19.7 Å². The molecule has 0 aliphatic heterocycles. The number of halogens is 1. The van der Waals surface area contributed by atoms with Crippen molar-refractivity contribution in [3.05, 3.63) is 34.8 Å². The second kappa shape index (κ2) is 5.10. The Bertz CT molecular complexity index is 577. The minimum atomic E-state index is 0.00432. The molecule has 4 nitrogen and oxygen atoms in total.